The molecule has 28 heavy (non-hydrogen) atoms. The number of amides is 1. The van der Waals surface area contributed by atoms with Crippen LogP contribution in [0.4, 0.5) is 5.69 Å². The summed E-state index contributed by atoms with van der Waals surface area (Å²) in [5.41, 5.74) is 2.13. The van der Waals surface area contributed by atoms with Gasteiger partial charge in [0.15, 0.2) is 6.61 Å². The van der Waals surface area contributed by atoms with Crippen LogP contribution in [0.2, 0.25) is 0 Å². The van der Waals surface area contributed by atoms with E-state index in [0.29, 0.717) is 17.0 Å². The molecule has 1 aliphatic carbocycles. The lowest BCUT2D eigenvalue weighted by atomic mass is 9.98. The molecule has 5 nitrogen and oxygen atoms in total. The van der Waals surface area contributed by atoms with Crippen molar-refractivity contribution in [2.45, 2.75) is 45.1 Å². The Balaban J connectivity index is 1.48. The molecule has 0 saturated heterocycles. The van der Waals surface area contributed by atoms with Gasteiger partial charge in [0.25, 0.3) is 5.91 Å². The molecule has 6 heteroatoms. The number of carbonyl (C=O) groups is 2. The average Bonchev–Trinajstić information content (AvgIpc) is 2.70. The number of rotatable bonds is 6. The lowest BCUT2D eigenvalue weighted by Crippen LogP contribution is -2.21. The van der Waals surface area contributed by atoms with Crippen LogP contribution in [0.25, 0.3) is 0 Å². The molecule has 2 aromatic rings. The molecule has 0 aromatic heterocycles. The van der Waals surface area contributed by atoms with E-state index in [-0.39, 0.29) is 24.6 Å². The number of benzene rings is 2. The predicted octanol–water partition coefficient (Wildman–Crippen LogP) is 5.26. The number of carbonyl (C=O) groups excluding carboxylic acids is 2. The molecule has 148 valence electrons. The zero-order valence-corrected chi connectivity index (χ0v) is 17.5. The van der Waals surface area contributed by atoms with E-state index in [0.717, 1.165) is 35.7 Å². The Hall–Kier alpha value is -2.34. The summed E-state index contributed by atoms with van der Waals surface area (Å²) in [6, 6.07) is 12.3. The van der Waals surface area contributed by atoms with Crippen LogP contribution in [0.3, 0.4) is 0 Å². The second kappa shape index (κ2) is 9.73. The normalized spacial score (nSPS) is 14.4. The first-order chi connectivity index (χ1) is 13.5. The number of esters is 1. The van der Waals surface area contributed by atoms with Crippen LogP contribution in [-0.4, -0.2) is 24.6 Å². The molecule has 0 bridgehead atoms. The van der Waals surface area contributed by atoms with Gasteiger partial charge < -0.3 is 14.8 Å². The van der Waals surface area contributed by atoms with Crippen LogP contribution in [0.5, 0.6) is 5.75 Å². The van der Waals surface area contributed by atoms with E-state index in [9.17, 15) is 9.59 Å². The third-order valence-corrected chi connectivity index (χ3v) is 5.62. The van der Waals surface area contributed by atoms with Gasteiger partial charge in [0, 0.05) is 10.2 Å². The molecule has 1 saturated carbocycles. The second-order valence-electron chi connectivity index (χ2n) is 6.99. The summed E-state index contributed by atoms with van der Waals surface area (Å²) in [6.45, 7) is 1.87. The first-order valence-electron chi connectivity index (χ1n) is 9.51. The standard InChI is InChI=1S/C22H24BrNO4/c1-15-13-19(11-12-20(15)23)27-14-21(25)24-17-9-7-16(8-10-17)22(26)28-18-5-3-2-4-6-18/h7-13,18H,2-6,14H2,1H3,(H,24,25). The summed E-state index contributed by atoms with van der Waals surface area (Å²) < 4.78 is 12.1. The van der Waals surface area contributed by atoms with Crippen LogP contribution in [0.1, 0.15) is 48.0 Å². The van der Waals surface area contributed by atoms with Gasteiger partial charge in [0.1, 0.15) is 11.9 Å². The maximum absolute atomic E-state index is 12.2. The van der Waals surface area contributed by atoms with E-state index in [2.05, 4.69) is 21.2 Å². The molecule has 0 heterocycles. The predicted molar refractivity (Wildman–Crippen MR) is 112 cm³/mol. The monoisotopic (exact) mass is 445 g/mol. The molecular weight excluding hydrogens is 422 g/mol. The van der Waals surface area contributed by atoms with Gasteiger partial charge in [-0.15, -0.1) is 0 Å². The average molecular weight is 446 g/mol. The maximum Gasteiger partial charge on any atom is 0.338 e. The van der Waals surface area contributed by atoms with Crippen LogP contribution >= 0.6 is 15.9 Å². The molecule has 0 radical (unpaired) electrons. The van der Waals surface area contributed by atoms with Gasteiger partial charge in [-0.2, -0.15) is 0 Å². The largest absolute Gasteiger partial charge is 0.484 e. The third-order valence-electron chi connectivity index (χ3n) is 4.73. The van der Waals surface area contributed by atoms with Crippen molar-refractivity contribution in [3.8, 4) is 5.75 Å². The maximum atomic E-state index is 12.2. The molecule has 1 aliphatic rings. The number of halogens is 1. The summed E-state index contributed by atoms with van der Waals surface area (Å²) >= 11 is 3.43. The Labute approximate surface area is 173 Å². The molecule has 1 N–H and O–H groups in total. The van der Waals surface area contributed by atoms with Gasteiger partial charge in [-0.05, 0) is 80.6 Å². The molecule has 2 aromatic carbocycles. The van der Waals surface area contributed by atoms with Crippen LogP contribution in [-0.2, 0) is 9.53 Å². The first-order valence-corrected chi connectivity index (χ1v) is 10.3. The van der Waals surface area contributed by atoms with Crippen molar-refractivity contribution in [2.24, 2.45) is 0 Å². The van der Waals surface area contributed by atoms with Gasteiger partial charge in [0.2, 0.25) is 0 Å². The fourth-order valence-electron chi connectivity index (χ4n) is 3.14. The number of anilines is 1. The highest BCUT2D eigenvalue weighted by Crippen LogP contribution is 2.23. The Morgan fingerprint density at radius 3 is 2.46 bits per heavy atom. The van der Waals surface area contributed by atoms with Crippen molar-refractivity contribution in [3.05, 3.63) is 58.1 Å². The van der Waals surface area contributed by atoms with Crippen molar-refractivity contribution >= 4 is 33.5 Å². The highest BCUT2D eigenvalue weighted by Gasteiger charge is 2.18. The van der Waals surface area contributed by atoms with Crippen LogP contribution in [0, 0.1) is 6.92 Å². The highest BCUT2D eigenvalue weighted by molar-refractivity contribution is 9.10. The van der Waals surface area contributed by atoms with Crippen molar-refractivity contribution in [1.82, 2.24) is 0 Å². The Morgan fingerprint density at radius 1 is 1.07 bits per heavy atom. The molecule has 0 aliphatic heterocycles. The minimum Gasteiger partial charge on any atom is -0.484 e. The minimum absolute atomic E-state index is 0.0278. The molecule has 1 fully saturated rings. The molecule has 0 unspecified atom stereocenters. The smallest absolute Gasteiger partial charge is 0.338 e. The highest BCUT2D eigenvalue weighted by atomic mass is 79.9. The van der Waals surface area contributed by atoms with Crippen LogP contribution in [0.15, 0.2) is 46.9 Å². The third kappa shape index (κ3) is 5.83. The van der Waals surface area contributed by atoms with Crippen molar-refractivity contribution in [3.63, 3.8) is 0 Å². The van der Waals surface area contributed by atoms with E-state index in [4.69, 9.17) is 9.47 Å². The zero-order chi connectivity index (χ0) is 19.9. The number of hydrogen-bond donors (Lipinski definition) is 1. The number of ether oxygens (including phenoxy) is 2. The van der Waals surface area contributed by atoms with Gasteiger partial charge in [-0.25, -0.2) is 4.79 Å². The second-order valence-corrected chi connectivity index (χ2v) is 7.84. The van der Waals surface area contributed by atoms with E-state index < -0.39 is 0 Å². The molecular formula is C22H24BrNO4. The molecule has 0 atom stereocenters. The first kappa shape index (κ1) is 20.4. The quantitative estimate of drug-likeness (QED) is 0.615. The van der Waals surface area contributed by atoms with Gasteiger partial charge >= 0.3 is 5.97 Å². The lowest BCUT2D eigenvalue weighted by molar-refractivity contribution is -0.118. The fraction of sp³-hybridized carbons (Fsp3) is 0.364. The molecule has 0 spiro atoms. The van der Waals surface area contributed by atoms with Gasteiger partial charge in [0.05, 0.1) is 5.56 Å². The summed E-state index contributed by atoms with van der Waals surface area (Å²) in [5.74, 6) is 0.0634. The zero-order valence-electron chi connectivity index (χ0n) is 15.9. The molecule has 1 amide bonds. The number of hydrogen-bond acceptors (Lipinski definition) is 4. The molecule has 3 rings (SSSR count). The SMILES string of the molecule is Cc1cc(OCC(=O)Nc2ccc(C(=O)OC3CCCCC3)cc2)ccc1Br. The van der Waals surface area contributed by atoms with Crippen molar-refractivity contribution < 1.29 is 19.1 Å². The topological polar surface area (TPSA) is 64.6 Å². The number of aryl methyl sites for hydroxylation is 1. The summed E-state index contributed by atoms with van der Waals surface area (Å²) in [7, 11) is 0. The van der Waals surface area contributed by atoms with Crippen molar-refractivity contribution in [1.29, 1.82) is 0 Å². The van der Waals surface area contributed by atoms with E-state index in [1.54, 1.807) is 30.3 Å². The summed E-state index contributed by atoms with van der Waals surface area (Å²) in [4.78, 5) is 24.3. The van der Waals surface area contributed by atoms with Gasteiger partial charge in [-0.3, -0.25) is 4.79 Å². The van der Waals surface area contributed by atoms with E-state index in [1.807, 2.05) is 19.1 Å². The van der Waals surface area contributed by atoms with Crippen molar-refractivity contribution in [2.75, 3.05) is 11.9 Å². The Kier molecular flexibility index (Phi) is 7.09. The van der Waals surface area contributed by atoms with Crippen LogP contribution < -0.4 is 10.1 Å². The fourth-order valence-corrected chi connectivity index (χ4v) is 3.39. The summed E-state index contributed by atoms with van der Waals surface area (Å²) in [6.07, 6.45) is 5.36. The van der Waals surface area contributed by atoms with Gasteiger partial charge in [-0.1, -0.05) is 22.4 Å². The Morgan fingerprint density at radius 2 is 1.79 bits per heavy atom. The van der Waals surface area contributed by atoms with E-state index >= 15 is 0 Å². The van der Waals surface area contributed by atoms with E-state index in [1.165, 1.54) is 6.42 Å². The Bertz CT molecular complexity index is 829. The number of nitrogens with one attached hydrogen (secondary N) is 1. The lowest BCUT2D eigenvalue weighted by Gasteiger charge is -2.21. The summed E-state index contributed by atoms with van der Waals surface area (Å²) in [5, 5.41) is 2.76. The minimum atomic E-state index is -0.307.